The molecule has 0 N–H and O–H groups in total. The minimum atomic E-state index is 0.464. The molecule has 3 nitrogen and oxygen atoms in total. The van der Waals surface area contributed by atoms with E-state index in [1.165, 1.54) is 0 Å². The van der Waals surface area contributed by atoms with Crippen molar-refractivity contribution >= 4 is 17.7 Å². The number of carbonyl (C=O) groups is 1. The summed E-state index contributed by atoms with van der Waals surface area (Å²) in [6.45, 7) is 1.67. The first-order valence-electron chi connectivity index (χ1n) is 4.03. The number of nitrogens with zero attached hydrogens (tertiary/aromatic N) is 2. The standard InChI is InChI=1S/C10H12N2O/c1-9(8-13)11-12(2)10-6-4-3-5-7-10/h3-8H,1-2H3/b11-9-. The zero-order valence-corrected chi connectivity index (χ0v) is 7.77. The molecule has 0 saturated heterocycles. The summed E-state index contributed by atoms with van der Waals surface area (Å²) >= 11 is 0. The van der Waals surface area contributed by atoms with Gasteiger partial charge in [0.1, 0.15) is 0 Å². The summed E-state index contributed by atoms with van der Waals surface area (Å²) in [6, 6.07) is 9.66. The highest BCUT2D eigenvalue weighted by Gasteiger charge is 1.96. The molecule has 0 aromatic heterocycles. The van der Waals surface area contributed by atoms with Crippen molar-refractivity contribution in [2.75, 3.05) is 12.1 Å². The van der Waals surface area contributed by atoms with Crippen molar-refractivity contribution in [1.29, 1.82) is 0 Å². The molecule has 0 aliphatic rings. The fourth-order valence-corrected chi connectivity index (χ4v) is 0.962. The zero-order valence-electron chi connectivity index (χ0n) is 7.77. The van der Waals surface area contributed by atoms with Gasteiger partial charge in [-0.05, 0) is 19.1 Å². The number of aldehydes is 1. The van der Waals surface area contributed by atoms with Crippen molar-refractivity contribution in [1.82, 2.24) is 0 Å². The molecule has 0 fully saturated rings. The van der Waals surface area contributed by atoms with Crippen LogP contribution in [0.15, 0.2) is 35.4 Å². The van der Waals surface area contributed by atoms with Gasteiger partial charge in [-0.3, -0.25) is 9.80 Å². The number of anilines is 1. The summed E-state index contributed by atoms with van der Waals surface area (Å²) in [6.07, 6.45) is 0.736. The van der Waals surface area contributed by atoms with Gasteiger partial charge < -0.3 is 0 Å². The largest absolute Gasteiger partial charge is 0.296 e. The van der Waals surface area contributed by atoms with Crippen LogP contribution >= 0.6 is 0 Å². The average Bonchev–Trinajstić information content (AvgIpc) is 2.19. The number of hydrogen-bond acceptors (Lipinski definition) is 3. The van der Waals surface area contributed by atoms with Crippen LogP contribution in [0.25, 0.3) is 0 Å². The van der Waals surface area contributed by atoms with Crippen LogP contribution in [0.3, 0.4) is 0 Å². The highest BCUT2D eigenvalue weighted by Crippen LogP contribution is 2.10. The Morgan fingerprint density at radius 1 is 1.38 bits per heavy atom. The molecule has 0 atom stereocenters. The second-order valence-corrected chi connectivity index (χ2v) is 2.72. The van der Waals surface area contributed by atoms with Crippen molar-refractivity contribution in [3.05, 3.63) is 30.3 Å². The van der Waals surface area contributed by atoms with Crippen LogP contribution in [0, 0.1) is 0 Å². The molecule has 0 aliphatic carbocycles. The lowest BCUT2D eigenvalue weighted by molar-refractivity contribution is -0.102. The molecule has 0 saturated carbocycles. The molecule has 1 aromatic carbocycles. The molecular formula is C10H12N2O. The third-order valence-electron chi connectivity index (χ3n) is 1.61. The summed E-state index contributed by atoms with van der Waals surface area (Å²) in [4.78, 5) is 10.3. The average molecular weight is 176 g/mol. The third-order valence-corrected chi connectivity index (χ3v) is 1.61. The normalized spacial score (nSPS) is 11.1. The summed E-state index contributed by atoms with van der Waals surface area (Å²) in [5.41, 5.74) is 1.43. The number of benzene rings is 1. The summed E-state index contributed by atoms with van der Waals surface area (Å²) in [5.74, 6) is 0. The Morgan fingerprint density at radius 3 is 2.54 bits per heavy atom. The number of hydrazone groups is 1. The Hall–Kier alpha value is -1.64. The molecule has 0 heterocycles. The number of para-hydroxylation sites is 1. The van der Waals surface area contributed by atoms with Gasteiger partial charge in [0.15, 0.2) is 6.29 Å². The van der Waals surface area contributed by atoms with Gasteiger partial charge in [0, 0.05) is 7.05 Å². The maximum atomic E-state index is 10.3. The van der Waals surface area contributed by atoms with E-state index in [9.17, 15) is 4.79 Å². The van der Waals surface area contributed by atoms with E-state index in [1.54, 1.807) is 11.9 Å². The summed E-state index contributed by atoms with van der Waals surface area (Å²) in [7, 11) is 1.81. The van der Waals surface area contributed by atoms with Crippen LogP contribution in [-0.2, 0) is 4.79 Å². The van der Waals surface area contributed by atoms with Crippen molar-refractivity contribution in [2.45, 2.75) is 6.92 Å². The third kappa shape index (κ3) is 2.71. The minimum Gasteiger partial charge on any atom is -0.296 e. The van der Waals surface area contributed by atoms with Gasteiger partial charge in [-0.1, -0.05) is 18.2 Å². The lowest BCUT2D eigenvalue weighted by atomic mass is 10.3. The second kappa shape index (κ2) is 4.40. The van der Waals surface area contributed by atoms with Gasteiger partial charge in [-0.25, -0.2) is 0 Å². The van der Waals surface area contributed by atoms with Gasteiger partial charge >= 0.3 is 0 Å². The summed E-state index contributed by atoms with van der Waals surface area (Å²) in [5, 5.41) is 5.72. The fraction of sp³-hybridized carbons (Fsp3) is 0.200. The Balaban J connectivity index is 2.80. The number of carbonyl (C=O) groups excluding carboxylic acids is 1. The summed E-state index contributed by atoms with van der Waals surface area (Å²) < 4.78 is 0. The molecule has 0 unspecified atom stereocenters. The Bertz CT molecular complexity index is 306. The van der Waals surface area contributed by atoms with E-state index in [-0.39, 0.29) is 0 Å². The second-order valence-electron chi connectivity index (χ2n) is 2.72. The van der Waals surface area contributed by atoms with Crippen LogP contribution < -0.4 is 5.01 Å². The first kappa shape index (κ1) is 9.45. The van der Waals surface area contributed by atoms with E-state index >= 15 is 0 Å². The lowest BCUT2D eigenvalue weighted by Crippen LogP contribution is -2.11. The molecule has 1 aromatic rings. The van der Waals surface area contributed by atoms with Crippen LogP contribution in [0.2, 0.25) is 0 Å². The van der Waals surface area contributed by atoms with E-state index < -0.39 is 0 Å². The predicted octanol–water partition coefficient (Wildman–Crippen LogP) is 1.70. The van der Waals surface area contributed by atoms with E-state index in [2.05, 4.69) is 5.10 Å². The first-order chi connectivity index (χ1) is 6.24. The van der Waals surface area contributed by atoms with Crippen LogP contribution in [0.4, 0.5) is 5.69 Å². The maximum absolute atomic E-state index is 10.3. The van der Waals surface area contributed by atoms with Gasteiger partial charge in [0.05, 0.1) is 11.4 Å². The molecule has 0 spiro atoms. The Labute approximate surface area is 77.7 Å². The Morgan fingerprint density at radius 2 is 2.00 bits per heavy atom. The van der Waals surface area contributed by atoms with Gasteiger partial charge in [0.25, 0.3) is 0 Å². The molecule has 0 radical (unpaired) electrons. The quantitative estimate of drug-likeness (QED) is 0.399. The van der Waals surface area contributed by atoms with Crippen molar-refractivity contribution in [3.63, 3.8) is 0 Å². The fourth-order valence-electron chi connectivity index (χ4n) is 0.962. The minimum absolute atomic E-state index is 0.464. The first-order valence-corrected chi connectivity index (χ1v) is 4.03. The molecule has 0 amide bonds. The molecular weight excluding hydrogens is 164 g/mol. The van der Waals surface area contributed by atoms with Crippen molar-refractivity contribution < 1.29 is 4.79 Å². The smallest absolute Gasteiger partial charge is 0.165 e. The van der Waals surface area contributed by atoms with Gasteiger partial charge in [-0.2, -0.15) is 5.10 Å². The van der Waals surface area contributed by atoms with Crippen LogP contribution in [0.5, 0.6) is 0 Å². The van der Waals surface area contributed by atoms with Crippen LogP contribution in [-0.4, -0.2) is 19.0 Å². The van der Waals surface area contributed by atoms with Gasteiger partial charge in [-0.15, -0.1) is 0 Å². The van der Waals surface area contributed by atoms with E-state index in [0.717, 1.165) is 12.0 Å². The van der Waals surface area contributed by atoms with Crippen LogP contribution in [0.1, 0.15) is 6.92 Å². The molecule has 0 bridgehead atoms. The Kier molecular flexibility index (Phi) is 3.20. The molecule has 1 rings (SSSR count). The van der Waals surface area contributed by atoms with E-state index in [4.69, 9.17) is 0 Å². The number of hydrogen-bond donors (Lipinski definition) is 0. The van der Waals surface area contributed by atoms with Crippen molar-refractivity contribution in [3.8, 4) is 0 Å². The topological polar surface area (TPSA) is 32.7 Å². The maximum Gasteiger partial charge on any atom is 0.165 e. The van der Waals surface area contributed by atoms with E-state index in [1.807, 2.05) is 37.4 Å². The molecule has 0 aliphatic heterocycles. The monoisotopic (exact) mass is 176 g/mol. The highest BCUT2D eigenvalue weighted by molar-refractivity contribution is 6.27. The highest BCUT2D eigenvalue weighted by atomic mass is 16.1. The predicted molar refractivity (Wildman–Crippen MR) is 54.0 cm³/mol. The lowest BCUT2D eigenvalue weighted by Gasteiger charge is -2.12. The zero-order chi connectivity index (χ0) is 9.68. The van der Waals surface area contributed by atoms with Crippen molar-refractivity contribution in [2.24, 2.45) is 5.10 Å². The molecule has 68 valence electrons. The number of rotatable bonds is 3. The SMILES string of the molecule is C/C(C=O)=N/N(C)c1ccccc1. The van der Waals surface area contributed by atoms with Gasteiger partial charge in [0.2, 0.25) is 0 Å². The van der Waals surface area contributed by atoms with E-state index in [0.29, 0.717) is 5.71 Å². The molecule has 13 heavy (non-hydrogen) atoms. The molecule has 3 heteroatoms.